The first-order valence-electron chi connectivity index (χ1n) is 5.47. The molecule has 0 radical (unpaired) electrons. The molecule has 1 amide bonds. The van der Waals surface area contributed by atoms with Crippen LogP contribution < -0.4 is 10.5 Å². The molecule has 3 heteroatoms. The van der Waals surface area contributed by atoms with Crippen LogP contribution in [0.5, 0.6) is 5.75 Å². The van der Waals surface area contributed by atoms with E-state index in [1.165, 1.54) is 0 Å². The van der Waals surface area contributed by atoms with Crippen LogP contribution in [0.25, 0.3) is 0 Å². The molecule has 3 nitrogen and oxygen atoms in total. The van der Waals surface area contributed by atoms with Crippen molar-refractivity contribution in [1.82, 2.24) is 0 Å². The molecule has 1 aromatic rings. The normalized spacial score (nSPS) is 10.1. The van der Waals surface area contributed by atoms with Gasteiger partial charge in [0.25, 0.3) is 5.91 Å². The third-order valence-corrected chi connectivity index (χ3v) is 1.99. The molecule has 0 bridgehead atoms. The summed E-state index contributed by atoms with van der Waals surface area (Å²) in [6.45, 7) is 9.29. The molecule has 90 valence electrons. The summed E-state index contributed by atoms with van der Waals surface area (Å²) in [6, 6.07) is 7.48. The van der Waals surface area contributed by atoms with E-state index in [0.717, 1.165) is 5.56 Å². The fourth-order valence-corrected chi connectivity index (χ4v) is 0.951. The van der Waals surface area contributed by atoms with Gasteiger partial charge in [0.2, 0.25) is 0 Å². The van der Waals surface area contributed by atoms with Crippen LogP contribution in [0.2, 0.25) is 0 Å². The van der Waals surface area contributed by atoms with Crippen molar-refractivity contribution < 1.29 is 9.53 Å². The smallest absolute Gasteiger partial charge is 0.261 e. The molecule has 2 N–H and O–H groups in total. The quantitative estimate of drug-likeness (QED) is 0.856. The Kier molecular flexibility index (Phi) is 5.57. The van der Waals surface area contributed by atoms with E-state index in [0.29, 0.717) is 5.75 Å². The summed E-state index contributed by atoms with van der Waals surface area (Å²) < 4.78 is 5.44. The van der Waals surface area contributed by atoms with Crippen molar-refractivity contribution in [3.05, 3.63) is 29.8 Å². The van der Waals surface area contributed by atoms with Crippen LogP contribution in [-0.2, 0) is 4.79 Å². The Balaban J connectivity index is 0.00000106. The van der Waals surface area contributed by atoms with Gasteiger partial charge in [0, 0.05) is 0 Å². The molecular formula is C13H21NO2. The Morgan fingerprint density at radius 3 is 2.00 bits per heavy atom. The molecule has 0 aliphatic rings. The Bertz CT molecular complexity index is 328. The zero-order valence-electron chi connectivity index (χ0n) is 10.7. The van der Waals surface area contributed by atoms with Gasteiger partial charge in [-0.25, -0.2) is 0 Å². The first-order valence-corrected chi connectivity index (χ1v) is 5.47. The minimum atomic E-state index is -0.963. The Hall–Kier alpha value is -1.51. The largest absolute Gasteiger partial charge is 0.478 e. The minimum Gasteiger partial charge on any atom is -0.478 e. The molecule has 1 aromatic carbocycles. The number of amides is 1. The highest BCUT2D eigenvalue weighted by Crippen LogP contribution is 2.18. The lowest BCUT2D eigenvalue weighted by Gasteiger charge is -2.22. The topological polar surface area (TPSA) is 52.3 Å². The zero-order chi connectivity index (χ0) is 12.8. The SMILES string of the molecule is CC.Cc1ccc(OC(C)(C)C(N)=O)cc1. The van der Waals surface area contributed by atoms with Gasteiger partial charge in [-0.15, -0.1) is 0 Å². The first kappa shape index (κ1) is 14.5. The number of nitrogens with two attached hydrogens (primary N) is 1. The van der Waals surface area contributed by atoms with E-state index in [-0.39, 0.29) is 0 Å². The van der Waals surface area contributed by atoms with Gasteiger partial charge in [0.15, 0.2) is 5.60 Å². The van der Waals surface area contributed by atoms with Crippen molar-refractivity contribution in [3.63, 3.8) is 0 Å². The average molecular weight is 223 g/mol. The lowest BCUT2D eigenvalue weighted by Crippen LogP contribution is -2.43. The number of carbonyl (C=O) groups excluding carboxylic acids is 1. The van der Waals surface area contributed by atoms with E-state index in [2.05, 4.69) is 0 Å². The van der Waals surface area contributed by atoms with Crippen LogP contribution in [0.4, 0.5) is 0 Å². The van der Waals surface area contributed by atoms with Crippen molar-refractivity contribution >= 4 is 5.91 Å². The van der Waals surface area contributed by atoms with Crippen molar-refractivity contribution in [1.29, 1.82) is 0 Å². The highest BCUT2D eigenvalue weighted by Gasteiger charge is 2.26. The second-order valence-corrected chi connectivity index (χ2v) is 3.79. The standard InChI is InChI=1S/C11H15NO2.C2H6/c1-8-4-6-9(7-5-8)14-11(2,3)10(12)13;1-2/h4-7H,1-3H3,(H2,12,13);1-2H3. The summed E-state index contributed by atoms with van der Waals surface area (Å²) in [5.74, 6) is 0.178. The van der Waals surface area contributed by atoms with Gasteiger partial charge in [-0.05, 0) is 32.9 Å². The number of aryl methyl sites for hydroxylation is 1. The molecule has 0 spiro atoms. The summed E-state index contributed by atoms with van der Waals surface area (Å²) in [7, 11) is 0. The lowest BCUT2D eigenvalue weighted by molar-refractivity contribution is -0.130. The van der Waals surface area contributed by atoms with Gasteiger partial charge in [0.05, 0.1) is 0 Å². The van der Waals surface area contributed by atoms with Crippen LogP contribution in [0.15, 0.2) is 24.3 Å². The summed E-state index contributed by atoms with van der Waals surface area (Å²) in [5, 5.41) is 0. The van der Waals surface area contributed by atoms with Crippen LogP contribution >= 0.6 is 0 Å². The maximum atomic E-state index is 11.0. The van der Waals surface area contributed by atoms with Crippen LogP contribution in [0, 0.1) is 6.92 Å². The number of rotatable bonds is 3. The number of hydrogen-bond donors (Lipinski definition) is 1. The lowest BCUT2D eigenvalue weighted by atomic mass is 10.1. The highest BCUT2D eigenvalue weighted by molar-refractivity contribution is 5.82. The molecule has 1 rings (SSSR count). The maximum absolute atomic E-state index is 11.0. The Labute approximate surface area is 97.6 Å². The van der Waals surface area contributed by atoms with E-state index in [4.69, 9.17) is 10.5 Å². The summed E-state index contributed by atoms with van der Waals surface area (Å²) in [4.78, 5) is 11.0. The third kappa shape index (κ3) is 4.34. The molecule has 0 atom stereocenters. The van der Waals surface area contributed by atoms with Gasteiger partial charge in [-0.3, -0.25) is 4.79 Å². The summed E-state index contributed by atoms with van der Waals surface area (Å²) >= 11 is 0. The van der Waals surface area contributed by atoms with Crippen molar-refractivity contribution in [2.75, 3.05) is 0 Å². The maximum Gasteiger partial charge on any atom is 0.261 e. The number of hydrogen-bond acceptors (Lipinski definition) is 2. The summed E-state index contributed by atoms with van der Waals surface area (Å²) in [6.07, 6.45) is 0. The third-order valence-electron chi connectivity index (χ3n) is 1.99. The summed E-state index contributed by atoms with van der Waals surface area (Å²) in [5.41, 5.74) is 5.37. The van der Waals surface area contributed by atoms with Gasteiger partial charge >= 0.3 is 0 Å². The average Bonchev–Trinajstić information content (AvgIpc) is 2.24. The number of carbonyl (C=O) groups is 1. The molecule has 0 aliphatic heterocycles. The second kappa shape index (κ2) is 6.16. The molecule has 0 aromatic heterocycles. The molecule has 0 heterocycles. The highest BCUT2D eigenvalue weighted by atomic mass is 16.5. The molecule has 0 fully saturated rings. The van der Waals surface area contributed by atoms with Crippen LogP contribution in [0.1, 0.15) is 33.3 Å². The molecule has 0 aliphatic carbocycles. The predicted molar refractivity (Wildman–Crippen MR) is 66.4 cm³/mol. The molecule has 16 heavy (non-hydrogen) atoms. The van der Waals surface area contributed by atoms with Gasteiger partial charge in [0.1, 0.15) is 5.75 Å². The Morgan fingerprint density at radius 1 is 1.19 bits per heavy atom. The second-order valence-electron chi connectivity index (χ2n) is 3.79. The predicted octanol–water partition coefficient (Wildman–Crippen LogP) is 2.66. The monoisotopic (exact) mass is 223 g/mol. The van der Waals surface area contributed by atoms with Crippen LogP contribution in [-0.4, -0.2) is 11.5 Å². The fraction of sp³-hybridized carbons (Fsp3) is 0.462. The molecular weight excluding hydrogens is 202 g/mol. The first-order chi connectivity index (χ1) is 7.42. The van der Waals surface area contributed by atoms with Crippen molar-refractivity contribution in [2.24, 2.45) is 5.73 Å². The minimum absolute atomic E-state index is 0.474. The van der Waals surface area contributed by atoms with Crippen molar-refractivity contribution in [2.45, 2.75) is 40.2 Å². The van der Waals surface area contributed by atoms with E-state index in [9.17, 15) is 4.79 Å². The van der Waals surface area contributed by atoms with Gasteiger partial charge < -0.3 is 10.5 Å². The molecule has 0 saturated carbocycles. The van der Waals surface area contributed by atoms with E-state index in [1.807, 2.05) is 45.0 Å². The fourth-order valence-electron chi connectivity index (χ4n) is 0.951. The van der Waals surface area contributed by atoms with Gasteiger partial charge in [-0.1, -0.05) is 31.5 Å². The van der Waals surface area contributed by atoms with Crippen LogP contribution in [0.3, 0.4) is 0 Å². The molecule has 0 saturated heterocycles. The zero-order valence-corrected chi connectivity index (χ0v) is 10.7. The number of primary amides is 1. The van der Waals surface area contributed by atoms with Gasteiger partial charge in [-0.2, -0.15) is 0 Å². The van der Waals surface area contributed by atoms with E-state index in [1.54, 1.807) is 13.8 Å². The molecule has 0 unspecified atom stereocenters. The van der Waals surface area contributed by atoms with E-state index >= 15 is 0 Å². The Morgan fingerprint density at radius 2 is 1.62 bits per heavy atom. The number of benzene rings is 1. The van der Waals surface area contributed by atoms with Crippen molar-refractivity contribution in [3.8, 4) is 5.75 Å². The van der Waals surface area contributed by atoms with E-state index < -0.39 is 11.5 Å². The number of ether oxygens (including phenoxy) is 1.